The first-order chi connectivity index (χ1) is 10.2. The highest BCUT2D eigenvalue weighted by atomic mass is 16.4. The molecule has 0 aliphatic heterocycles. The quantitative estimate of drug-likeness (QED) is 0.644. The molecule has 1 aromatic heterocycles. The van der Waals surface area contributed by atoms with Crippen molar-refractivity contribution < 1.29 is 39.2 Å². The monoisotopic (exact) mass is 310 g/mol. The Balaban J connectivity index is 0.000000231. The average molecular weight is 310 g/mol. The highest BCUT2D eigenvalue weighted by molar-refractivity contribution is 5.88. The number of rotatable bonds is 5. The summed E-state index contributed by atoms with van der Waals surface area (Å²) in [7, 11) is 0. The highest BCUT2D eigenvalue weighted by Crippen LogP contribution is 2.15. The Morgan fingerprint density at radius 1 is 0.955 bits per heavy atom. The summed E-state index contributed by atoms with van der Waals surface area (Å²) in [4.78, 5) is 30.5. The Kier molecular flexibility index (Phi) is 5.65. The maximum atomic E-state index is 10.3. The Hall–Kier alpha value is -2.87. The molecular weight excluding hydrogens is 296 g/mol. The van der Waals surface area contributed by atoms with E-state index in [9.17, 15) is 14.4 Å². The third kappa shape index (κ3) is 4.91. The Morgan fingerprint density at radius 3 is 1.95 bits per heavy atom. The molecule has 1 heterocycles. The summed E-state index contributed by atoms with van der Waals surface area (Å²) in [6.07, 6.45) is -0.589. The smallest absolute Gasteiger partial charge is 0.336 e. The van der Waals surface area contributed by atoms with Gasteiger partial charge < -0.3 is 24.8 Å². The molecule has 0 aliphatic carbocycles. The minimum atomic E-state index is -2.74. The fraction of sp³-hybridized carbons (Fsp3) is 0.214. The van der Waals surface area contributed by atoms with Crippen molar-refractivity contribution in [2.75, 3.05) is 0 Å². The van der Waals surface area contributed by atoms with Crippen molar-refractivity contribution >= 4 is 28.9 Å². The third-order valence-corrected chi connectivity index (χ3v) is 2.65. The summed E-state index contributed by atoms with van der Waals surface area (Å²) >= 11 is 0. The van der Waals surface area contributed by atoms with Gasteiger partial charge in [0, 0.05) is 5.39 Å². The fourth-order valence-electron chi connectivity index (χ4n) is 1.62. The van der Waals surface area contributed by atoms with Gasteiger partial charge in [-0.05, 0) is 12.1 Å². The number of carbonyl (C=O) groups is 3. The number of hydrogen-bond acceptors (Lipinski definition) is 5. The molecule has 0 fully saturated rings. The van der Waals surface area contributed by atoms with Crippen molar-refractivity contribution in [3.8, 4) is 0 Å². The van der Waals surface area contributed by atoms with Gasteiger partial charge in [-0.15, -0.1) is 0 Å². The van der Waals surface area contributed by atoms with Crippen LogP contribution in [-0.2, 0) is 14.4 Å². The van der Waals surface area contributed by atoms with E-state index in [1.54, 1.807) is 6.26 Å². The van der Waals surface area contributed by atoms with E-state index < -0.39 is 36.4 Å². The molecular formula is C14H14O8. The predicted octanol–water partition coefficient (Wildman–Crippen LogP) is 1.18. The van der Waals surface area contributed by atoms with Gasteiger partial charge in [-0.3, -0.25) is 9.59 Å². The van der Waals surface area contributed by atoms with Crippen LogP contribution in [0.4, 0.5) is 0 Å². The normalized spacial score (nSPS) is 10.6. The van der Waals surface area contributed by atoms with Crippen LogP contribution in [0.3, 0.4) is 0 Å². The third-order valence-electron chi connectivity index (χ3n) is 2.65. The second-order valence-corrected chi connectivity index (χ2v) is 4.44. The van der Waals surface area contributed by atoms with Gasteiger partial charge in [0.2, 0.25) is 0 Å². The number of carboxylic acid groups (broad SMARTS) is 3. The number of furan rings is 1. The van der Waals surface area contributed by atoms with E-state index in [4.69, 9.17) is 24.8 Å². The van der Waals surface area contributed by atoms with Gasteiger partial charge in [-0.2, -0.15) is 0 Å². The molecule has 1 aromatic carbocycles. The average Bonchev–Trinajstić information content (AvgIpc) is 2.85. The van der Waals surface area contributed by atoms with Crippen LogP contribution in [0.1, 0.15) is 12.8 Å². The van der Waals surface area contributed by atoms with E-state index >= 15 is 0 Å². The lowest BCUT2D eigenvalue weighted by Gasteiger charge is -2.18. The molecule has 0 unspecified atom stereocenters. The van der Waals surface area contributed by atoms with E-state index in [-0.39, 0.29) is 0 Å². The van der Waals surface area contributed by atoms with Crippen molar-refractivity contribution in [1.29, 1.82) is 0 Å². The number of para-hydroxylation sites is 1. The van der Waals surface area contributed by atoms with Crippen molar-refractivity contribution in [1.82, 2.24) is 0 Å². The second kappa shape index (κ2) is 7.23. The summed E-state index contributed by atoms with van der Waals surface area (Å²) in [5.41, 5.74) is -1.78. The van der Waals surface area contributed by atoms with Crippen LogP contribution in [0, 0.1) is 0 Å². The molecule has 0 amide bonds. The van der Waals surface area contributed by atoms with E-state index in [2.05, 4.69) is 0 Å². The first kappa shape index (κ1) is 17.2. The first-order valence-electron chi connectivity index (χ1n) is 6.06. The summed E-state index contributed by atoms with van der Waals surface area (Å²) in [6, 6.07) is 9.90. The zero-order valence-electron chi connectivity index (χ0n) is 11.3. The van der Waals surface area contributed by atoms with Gasteiger partial charge in [0.05, 0.1) is 19.1 Å². The first-order valence-corrected chi connectivity index (χ1v) is 6.06. The number of fused-ring (bicyclic) bond motifs is 1. The van der Waals surface area contributed by atoms with Crippen LogP contribution >= 0.6 is 0 Å². The summed E-state index contributed by atoms with van der Waals surface area (Å²) in [6.45, 7) is 0. The van der Waals surface area contributed by atoms with Gasteiger partial charge in [0.15, 0.2) is 5.60 Å². The Bertz CT molecular complexity index is 626. The van der Waals surface area contributed by atoms with Gasteiger partial charge in [-0.1, -0.05) is 18.2 Å². The van der Waals surface area contributed by atoms with Crippen LogP contribution < -0.4 is 0 Å². The Morgan fingerprint density at radius 2 is 1.50 bits per heavy atom. The molecule has 8 nitrogen and oxygen atoms in total. The molecule has 0 bridgehead atoms. The van der Waals surface area contributed by atoms with Crippen LogP contribution in [-0.4, -0.2) is 43.9 Å². The number of benzene rings is 1. The molecule has 0 saturated carbocycles. The van der Waals surface area contributed by atoms with Crippen LogP contribution in [0.15, 0.2) is 41.0 Å². The number of aliphatic carboxylic acids is 3. The lowest BCUT2D eigenvalue weighted by Crippen LogP contribution is -2.42. The summed E-state index contributed by atoms with van der Waals surface area (Å²) in [5.74, 6) is -5.02. The predicted molar refractivity (Wildman–Crippen MR) is 73.3 cm³/mol. The van der Waals surface area contributed by atoms with Crippen molar-refractivity contribution in [2.45, 2.75) is 18.4 Å². The van der Waals surface area contributed by atoms with Crippen LogP contribution in [0.2, 0.25) is 0 Å². The van der Waals surface area contributed by atoms with E-state index in [0.717, 1.165) is 11.0 Å². The van der Waals surface area contributed by atoms with Crippen LogP contribution in [0.5, 0.6) is 0 Å². The SMILES string of the molecule is O=C(O)CC(O)(CC(=O)O)C(=O)O.c1ccc2occc2c1. The molecule has 0 spiro atoms. The van der Waals surface area contributed by atoms with Crippen molar-refractivity contribution in [3.63, 3.8) is 0 Å². The molecule has 8 heteroatoms. The molecule has 0 aliphatic rings. The molecule has 2 rings (SSSR count). The lowest BCUT2D eigenvalue weighted by molar-refractivity contribution is -0.170. The highest BCUT2D eigenvalue weighted by Gasteiger charge is 2.40. The maximum absolute atomic E-state index is 10.3. The molecule has 118 valence electrons. The summed E-state index contributed by atoms with van der Waals surface area (Å²) in [5, 5.41) is 35.0. The van der Waals surface area contributed by atoms with Crippen LogP contribution in [0.25, 0.3) is 11.0 Å². The van der Waals surface area contributed by atoms with E-state index in [1.807, 2.05) is 30.3 Å². The zero-order valence-corrected chi connectivity index (χ0v) is 11.3. The molecule has 0 radical (unpaired) electrons. The largest absolute Gasteiger partial charge is 0.481 e. The molecule has 0 saturated heterocycles. The zero-order chi connectivity index (χ0) is 16.8. The fourth-order valence-corrected chi connectivity index (χ4v) is 1.62. The molecule has 4 N–H and O–H groups in total. The van der Waals surface area contributed by atoms with Gasteiger partial charge in [0.25, 0.3) is 0 Å². The minimum absolute atomic E-state index is 0.956. The Labute approximate surface area is 124 Å². The number of hydrogen-bond donors (Lipinski definition) is 4. The van der Waals surface area contributed by atoms with Gasteiger partial charge in [-0.25, -0.2) is 4.79 Å². The van der Waals surface area contributed by atoms with Crippen molar-refractivity contribution in [3.05, 3.63) is 36.6 Å². The topological polar surface area (TPSA) is 145 Å². The van der Waals surface area contributed by atoms with Gasteiger partial charge >= 0.3 is 17.9 Å². The van der Waals surface area contributed by atoms with E-state index in [1.165, 1.54) is 0 Å². The summed E-state index contributed by atoms with van der Waals surface area (Å²) < 4.78 is 5.12. The standard InChI is InChI=1S/C8H6O.C6H8O7/c1-2-4-8-7(3-1)5-6-9-8;7-3(8)1-6(13,5(11)12)2-4(9)10/h1-6H;13H,1-2H2,(H,7,8)(H,9,10)(H,11,12). The maximum Gasteiger partial charge on any atom is 0.336 e. The molecule has 0 atom stereocenters. The van der Waals surface area contributed by atoms with Crippen molar-refractivity contribution in [2.24, 2.45) is 0 Å². The number of aliphatic hydroxyl groups is 1. The second-order valence-electron chi connectivity index (χ2n) is 4.44. The minimum Gasteiger partial charge on any atom is -0.481 e. The molecule has 2 aromatic rings. The molecule has 22 heavy (non-hydrogen) atoms. The lowest BCUT2D eigenvalue weighted by atomic mass is 9.96. The van der Waals surface area contributed by atoms with E-state index in [0.29, 0.717) is 0 Å². The number of carboxylic acids is 3. The van der Waals surface area contributed by atoms with Gasteiger partial charge in [0.1, 0.15) is 5.58 Å².